The maximum Gasteiger partial charge on any atom is 0.248 e. The average Bonchev–Trinajstić information content (AvgIpc) is 3.06. The summed E-state index contributed by atoms with van der Waals surface area (Å²) in [4.78, 5) is 25.1. The lowest BCUT2D eigenvalue weighted by molar-refractivity contribution is -0.117. The molecule has 106 valence electrons. The molecule has 0 saturated heterocycles. The van der Waals surface area contributed by atoms with Crippen LogP contribution in [0.25, 0.3) is 6.08 Å². The lowest BCUT2D eigenvalue weighted by Crippen LogP contribution is -2.20. The maximum atomic E-state index is 11.8. The molecule has 5 nitrogen and oxygen atoms in total. The molecule has 0 radical (unpaired) electrons. The van der Waals surface area contributed by atoms with E-state index in [1.165, 1.54) is 6.08 Å². The Hall–Kier alpha value is -2.82. The van der Waals surface area contributed by atoms with E-state index in [1.807, 2.05) is 12.1 Å². The molecule has 0 atom stereocenters. The first-order valence-corrected chi connectivity index (χ1v) is 6.54. The van der Waals surface area contributed by atoms with E-state index < -0.39 is 0 Å². The number of furan rings is 1. The predicted molar refractivity (Wildman–Crippen MR) is 79.9 cm³/mol. The molecule has 2 heterocycles. The van der Waals surface area contributed by atoms with Crippen LogP contribution >= 0.6 is 0 Å². The monoisotopic (exact) mass is 282 g/mol. The van der Waals surface area contributed by atoms with Gasteiger partial charge in [-0.1, -0.05) is 0 Å². The Balaban J connectivity index is 1.70. The van der Waals surface area contributed by atoms with Gasteiger partial charge < -0.3 is 14.6 Å². The van der Waals surface area contributed by atoms with E-state index in [0.717, 1.165) is 16.8 Å². The first-order valence-electron chi connectivity index (χ1n) is 6.54. The van der Waals surface area contributed by atoms with Crippen LogP contribution in [0.15, 0.2) is 47.3 Å². The number of likely N-dealkylation sites (N-methyl/N-ethyl adjacent to an activating group) is 1. The molecule has 2 aromatic rings. The first kappa shape index (κ1) is 13.2. The lowest BCUT2D eigenvalue weighted by atomic mass is 10.1. The molecule has 0 unspecified atom stereocenters. The molecule has 0 aliphatic carbocycles. The molecule has 1 aliphatic heterocycles. The van der Waals surface area contributed by atoms with Gasteiger partial charge in [0.1, 0.15) is 0 Å². The highest BCUT2D eigenvalue weighted by Crippen LogP contribution is 2.29. The van der Waals surface area contributed by atoms with Crippen LogP contribution in [-0.2, 0) is 16.0 Å². The zero-order valence-electron chi connectivity index (χ0n) is 11.5. The highest BCUT2D eigenvalue weighted by molar-refractivity contribution is 6.04. The van der Waals surface area contributed by atoms with Gasteiger partial charge in [-0.05, 0) is 35.9 Å². The number of nitrogens with zero attached hydrogens (tertiary/aromatic N) is 1. The van der Waals surface area contributed by atoms with Crippen molar-refractivity contribution in [3.05, 3.63) is 54.0 Å². The van der Waals surface area contributed by atoms with Gasteiger partial charge in [-0.15, -0.1) is 0 Å². The molecule has 3 rings (SSSR count). The van der Waals surface area contributed by atoms with E-state index in [0.29, 0.717) is 12.1 Å². The van der Waals surface area contributed by atoms with Crippen molar-refractivity contribution in [2.24, 2.45) is 0 Å². The highest BCUT2D eigenvalue weighted by Gasteiger charge is 2.23. The largest absolute Gasteiger partial charge is 0.472 e. The van der Waals surface area contributed by atoms with Gasteiger partial charge in [0, 0.05) is 30.1 Å². The number of nitrogens with one attached hydrogen (secondary N) is 1. The second-order valence-corrected chi connectivity index (χ2v) is 4.85. The minimum absolute atomic E-state index is 0.0633. The van der Waals surface area contributed by atoms with E-state index >= 15 is 0 Å². The fourth-order valence-electron chi connectivity index (χ4n) is 2.27. The van der Waals surface area contributed by atoms with Gasteiger partial charge in [0.05, 0.1) is 18.9 Å². The number of carbonyl (C=O) groups excluding carboxylic acids is 2. The van der Waals surface area contributed by atoms with E-state index in [9.17, 15) is 9.59 Å². The van der Waals surface area contributed by atoms with Crippen molar-refractivity contribution in [2.45, 2.75) is 6.42 Å². The van der Waals surface area contributed by atoms with Crippen molar-refractivity contribution >= 4 is 29.3 Å². The standard InChI is InChI=1S/C16H14N2O3/c1-18-14-4-3-13(8-12(14)9-16(18)20)17-15(19)5-2-11-6-7-21-10-11/h2-8,10H,9H2,1H3,(H,17,19)/b5-2+. The van der Waals surface area contributed by atoms with Crippen LogP contribution in [0, 0.1) is 0 Å². The number of benzene rings is 1. The molecular formula is C16H14N2O3. The Morgan fingerprint density at radius 3 is 3.00 bits per heavy atom. The molecule has 5 heteroatoms. The van der Waals surface area contributed by atoms with E-state index in [-0.39, 0.29) is 11.8 Å². The van der Waals surface area contributed by atoms with Gasteiger partial charge in [-0.2, -0.15) is 0 Å². The summed E-state index contributed by atoms with van der Waals surface area (Å²) in [5.41, 5.74) is 3.33. The molecule has 1 aromatic carbocycles. The number of rotatable bonds is 3. The fraction of sp³-hybridized carbons (Fsp3) is 0.125. The lowest BCUT2D eigenvalue weighted by Gasteiger charge is -2.10. The predicted octanol–water partition coefficient (Wildman–Crippen LogP) is 2.45. The normalized spacial score (nSPS) is 13.8. The maximum absolute atomic E-state index is 11.8. The summed E-state index contributed by atoms with van der Waals surface area (Å²) in [5.74, 6) is -0.165. The number of amides is 2. The Labute approximate surface area is 121 Å². The second kappa shape index (κ2) is 5.28. The van der Waals surface area contributed by atoms with Crippen LogP contribution in [0.5, 0.6) is 0 Å². The third-order valence-electron chi connectivity index (χ3n) is 3.39. The number of anilines is 2. The summed E-state index contributed by atoms with van der Waals surface area (Å²) in [6.07, 6.45) is 6.59. The average molecular weight is 282 g/mol. The van der Waals surface area contributed by atoms with Crippen LogP contribution in [0.3, 0.4) is 0 Å². The molecule has 0 spiro atoms. The fourth-order valence-corrected chi connectivity index (χ4v) is 2.27. The van der Waals surface area contributed by atoms with Crippen molar-refractivity contribution in [3.63, 3.8) is 0 Å². The summed E-state index contributed by atoms with van der Waals surface area (Å²) in [6.45, 7) is 0. The van der Waals surface area contributed by atoms with E-state index in [4.69, 9.17) is 4.42 Å². The Kier molecular flexibility index (Phi) is 3.31. The van der Waals surface area contributed by atoms with Gasteiger partial charge in [-0.3, -0.25) is 9.59 Å². The molecule has 1 aromatic heterocycles. The van der Waals surface area contributed by atoms with Gasteiger partial charge in [0.15, 0.2) is 0 Å². The number of carbonyl (C=O) groups is 2. The van der Waals surface area contributed by atoms with Crippen LogP contribution < -0.4 is 10.2 Å². The van der Waals surface area contributed by atoms with Crippen molar-refractivity contribution in [2.75, 3.05) is 17.3 Å². The summed E-state index contributed by atoms with van der Waals surface area (Å²) in [5, 5.41) is 2.78. The van der Waals surface area contributed by atoms with Crippen molar-refractivity contribution in [1.82, 2.24) is 0 Å². The minimum Gasteiger partial charge on any atom is -0.472 e. The van der Waals surface area contributed by atoms with Gasteiger partial charge >= 0.3 is 0 Å². The van der Waals surface area contributed by atoms with Gasteiger partial charge in [-0.25, -0.2) is 0 Å². The Morgan fingerprint density at radius 2 is 2.24 bits per heavy atom. The quantitative estimate of drug-likeness (QED) is 0.879. The van der Waals surface area contributed by atoms with Crippen molar-refractivity contribution < 1.29 is 14.0 Å². The Morgan fingerprint density at radius 1 is 1.38 bits per heavy atom. The highest BCUT2D eigenvalue weighted by atomic mass is 16.3. The molecule has 1 aliphatic rings. The van der Waals surface area contributed by atoms with E-state index in [1.54, 1.807) is 42.7 Å². The molecule has 0 fully saturated rings. The third kappa shape index (κ3) is 2.72. The molecule has 21 heavy (non-hydrogen) atoms. The SMILES string of the molecule is CN1C(=O)Cc2cc(NC(=O)/C=C/c3ccoc3)ccc21. The number of fused-ring (bicyclic) bond motifs is 1. The third-order valence-corrected chi connectivity index (χ3v) is 3.39. The zero-order chi connectivity index (χ0) is 14.8. The number of hydrogen-bond acceptors (Lipinski definition) is 3. The Bertz CT molecular complexity index is 717. The van der Waals surface area contributed by atoms with Crippen LogP contribution in [0.2, 0.25) is 0 Å². The van der Waals surface area contributed by atoms with Gasteiger partial charge in [0.25, 0.3) is 0 Å². The van der Waals surface area contributed by atoms with Gasteiger partial charge in [0.2, 0.25) is 11.8 Å². The van der Waals surface area contributed by atoms with Crippen LogP contribution in [0.1, 0.15) is 11.1 Å². The van der Waals surface area contributed by atoms with E-state index in [2.05, 4.69) is 5.32 Å². The summed E-state index contributed by atoms with van der Waals surface area (Å²) >= 11 is 0. The zero-order valence-corrected chi connectivity index (χ0v) is 11.5. The molecule has 2 amide bonds. The van der Waals surface area contributed by atoms with Crippen LogP contribution in [-0.4, -0.2) is 18.9 Å². The van der Waals surface area contributed by atoms with Crippen LogP contribution in [0.4, 0.5) is 11.4 Å². The van der Waals surface area contributed by atoms with Crippen molar-refractivity contribution in [3.8, 4) is 0 Å². The van der Waals surface area contributed by atoms with Crippen molar-refractivity contribution in [1.29, 1.82) is 0 Å². The molecule has 1 N–H and O–H groups in total. The number of hydrogen-bond donors (Lipinski definition) is 1. The second-order valence-electron chi connectivity index (χ2n) is 4.85. The molecular weight excluding hydrogens is 268 g/mol. The summed E-state index contributed by atoms with van der Waals surface area (Å²) in [6, 6.07) is 7.23. The summed E-state index contributed by atoms with van der Waals surface area (Å²) in [7, 11) is 1.75. The minimum atomic E-state index is -0.228. The summed E-state index contributed by atoms with van der Waals surface area (Å²) < 4.78 is 4.92. The molecule has 0 bridgehead atoms. The smallest absolute Gasteiger partial charge is 0.248 e. The topological polar surface area (TPSA) is 62.6 Å². The first-order chi connectivity index (χ1) is 10.1. The molecule has 0 saturated carbocycles.